The number of rotatable bonds is 5. The lowest BCUT2D eigenvalue weighted by molar-refractivity contribution is 0.587. The second-order valence-corrected chi connectivity index (χ2v) is 6.00. The normalized spacial score (nSPS) is 12.4. The fourth-order valence-corrected chi connectivity index (χ4v) is 2.90. The van der Waals surface area contributed by atoms with E-state index in [0.29, 0.717) is 4.90 Å². The van der Waals surface area contributed by atoms with Crippen molar-refractivity contribution in [1.82, 2.24) is 5.32 Å². The highest BCUT2D eigenvalue weighted by atomic mass is 32.2. The van der Waals surface area contributed by atoms with Crippen LogP contribution in [0.1, 0.15) is 29.7 Å². The molecule has 0 fully saturated rings. The Morgan fingerprint density at radius 2 is 2.00 bits per heavy atom. The second kappa shape index (κ2) is 6.91. The van der Waals surface area contributed by atoms with E-state index in [9.17, 15) is 4.39 Å². The molecule has 0 amide bonds. The average Bonchev–Trinajstić information content (AvgIpc) is 2.45. The summed E-state index contributed by atoms with van der Waals surface area (Å²) < 4.78 is 14.1. The lowest BCUT2D eigenvalue weighted by Gasteiger charge is -2.12. The molecule has 0 saturated heterocycles. The van der Waals surface area contributed by atoms with Crippen LogP contribution in [0.15, 0.2) is 47.4 Å². The topological polar surface area (TPSA) is 12.0 Å². The Hall–Kier alpha value is -1.32. The summed E-state index contributed by atoms with van der Waals surface area (Å²) in [6.45, 7) is 4.09. The largest absolute Gasteiger partial charge is 0.313 e. The molecule has 1 nitrogen and oxygen atoms in total. The molecular weight excluding hydrogens is 269 g/mol. The zero-order valence-electron chi connectivity index (χ0n) is 12.1. The van der Waals surface area contributed by atoms with Crippen molar-refractivity contribution in [2.24, 2.45) is 0 Å². The predicted molar refractivity (Wildman–Crippen MR) is 84.6 cm³/mol. The van der Waals surface area contributed by atoms with Crippen LogP contribution in [0.25, 0.3) is 0 Å². The molecule has 20 heavy (non-hydrogen) atoms. The van der Waals surface area contributed by atoms with Gasteiger partial charge >= 0.3 is 0 Å². The van der Waals surface area contributed by atoms with Gasteiger partial charge in [-0.1, -0.05) is 35.9 Å². The number of hydrogen-bond acceptors (Lipinski definition) is 2. The molecule has 1 N–H and O–H groups in total. The van der Waals surface area contributed by atoms with E-state index < -0.39 is 0 Å². The van der Waals surface area contributed by atoms with Crippen molar-refractivity contribution in [2.75, 3.05) is 7.05 Å². The molecule has 0 aliphatic heterocycles. The molecule has 2 rings (SSSR count). The number of benzene rings is 2. The van der Waals surface area contributed by atoms with Crippen LogP contribution in [-0.4, -0.2) is 7.05 Å². The van der Waals surface area contributed by atoms with E-state index >= 15 is 0 Å². The average molecular weight is 289 g/mol. The van der Waals surface area contributed by atoms with Crippen LogP contribution in [-0.2, 0) is 5.75 Å². The number of hydrogen-bond donors (Lipinski definition) is 1. The molecule has 0 aromatic heterocycles. The van der Waals surface area contributed by atoms with E-state index in [-0.39, 0.29) is 11.9 Å². The lowest BCUT2D eigenvalue weighted by atomic mass is 10.1. The van der Waals surface area contributed by atoms with Crippen LogP contribution in [0.5, 0.6) is 0 Å². The highest BCUT2D eigenvalue weighted by Crippen LogP contribution is 2.27. The third kappa shape index (κ3) is 3.84. The standard InChI is InChI=1S/C17H20FNS/c1-12-5-4-6-14(9-12)11-20-17-8-7-15(10-16(17)18)13(2)19-3/h4-10,13,19H,11H2,1-3H3. The van der Waals surface area contributed by atoms with E-state index in [0.717, 1.165) is 11.3 Å². The van der Waals surface area contributed by atoms with Crippen LogP contribution >= 0.6 is 11.8 Å². The van der Waals surface area contributed by atoms with Crippen molar-refractivity contribution in [1.29, 1.82) is 0 Å². The first-order valence-corrected chi connectivity index (χ1v) is 7.74. The highest BCUT2D eigenvalue weighted by Gasteiger charge is 2.08. The van der Waals surface area contributed by atoms with Crippen molar-refractivity contribution < 1.29 is 4.39 Å². The maximum atomic E-state index is 14.1. The second-order valence-electron chi connectivity index (χ2n) is 4.98. The van der Waals surface area contributed by atoms with Crippen molar-refractivity contribution in [3.05, 3.63) is 65.0 Å². The SMILES string of the molecule is CNC(C)c1ccc(SCc2cccc(C)c2)c(F)c1. The molecule has 1 unspecified atom stereocenters. The van der Waals surface area contributed by atoms with Gasteiger partial charge in [-0.25, -0.2) is 4.39 Å². The van der Waals surface area contributed by atoms with Gasteiger partial charge in [0.1, 0.15) is 5.82 Å². The summed E-state index contributed by atoms with van der Waals surface area (Å²) in [5, 5.41) is 3.12. The fraction of sp³-hybridized carbons (Fsp3) is 0.294. The van der Waals surface area contributed by atoms with Crippen LogP contribution in [0.2, 0.25) is 0 Å². The predicted octanol–water partition coefficient (Wildman–Crippen LogP) is 4.71. The van der Waals surface area contributed by atoms with Gasteiger partial charge in [-0.15, -0.1) is 11.8 Å². The number of aryl methyl sites for hydroxylation is 1. The minimum atomic E-state index is -0.137. The molecule has 2 aromatic carbocycles. The van der Waals surface area contributed by atoms with Gasteiger partial charge in [0.2, 0.25) is 0 Å². The van der Waals surface area contributed by atoms with E-state index in [1.165, 1.54) is 11.1 Å². The lowest BCUT2D eigenvalue weighted by Crippen LogP contribution is -2.12. The summed E-state index contributed by atoms with van der Waals surface area (Å²) in [6.07, 6.45) is 0. The van der Waals surface area contributed by atoms with Gasteiger partial charge in [0, 0.05) is 16.7 Å². The van der Waals surface area contributed by atoms with Crippen molar-refractivity contribution in [3.63, 3.8) is 0 Å². The molecule has 0 bridgehead atoms. The minimum Gasteiger partial charge on any atom is -0.313 e. The van der Waals surface area contributed by atoms with Crippen molar-refractivity contribution in [3.8, 4) is 0 Å². The van der Waals surface area contributed by atoms with Crippen LogP contribution in [0.3, 0.4) is 0 Å². The first-order chi connectivity index (χ1) is 9.60. The van der Waals surface area contributed by atoms with Gasteiger partial charge in [-0.3, -0.25) is 0 Å². The monoisotopic (exact) mass is 289 g/mol. The zero-order valence-corrected chi connectivity index (χ0v) is 12.9. The molecule has 0 heterocycles. The Balaban J connectivity index is 2.07. The Morgan fingerprint density at radius 1 is 1.20 bits per heavy atom. The van der Waals surface area contributed by atoms with Gasteiger partial charge in [0.15, 0.2) is 0 Å². The summed E-state index contributed by atoms with van der Waals surface area (Å²) in [7, 11) is 1.88. The Labute approximate surface area is 124 Å². The molecule has 2 aromatic rings. The summed E-state index contributed by atoms with van der Waals surface area (Å²) >= 11 is 1.54. The van der Waals surface area contributed by atoms with Gasteiger partial charge in [-0.2, -0.15) is 0 Å². The summed E-state index contributed by atoms with van der Waals surface area (Å²) in [4.78, 5) is 0.707. The van der Waals surface area contributed by atoms with Crippen LogP contribution in [0, 0.1) is 12.7 Å². The molecule has 106 valence electrons. The maximum Gasteiger partial charge on any atom is 0.137 e. The molecule has 0 spiro atoms. The van der Waals surface area contributed by atoms with E-state index in [2.05, 4.69) is 30.4 Å². The first kappa shape index (κ1) is 15.1. The number of thioether (sulfide) groups is 1. The molecule has 1 atom stereocenters. The highest BCUT2D eigenvalue weighted by molar-refractivity contribution is 7.98. The Kier molecular flexibility index (Phi) is 5.21. The van der Waals surface area contributed by atoms with E-state index in [1.54, 1.807) is 17.8 Å². The van der Waals surface area contributed by atoms with Crippen LogP contribution in [0.4, 0.5) is 4.39 Å². The van der Waals surface area contributed by atoms with Gasteiger partial charge < -0.3 is 5.32 Å². The molecule has 0 aliphatic rings. The van der Waals surface area contributed by atoms with E-state index in [1.807, 2.05) is 32.2 Å². The Bertz CT molecular complexity index is 583. The first-order valence-electron chi connectivity index (χ1n) is 6.75. The Morgan fingerprint density at radius 3 is 2.65 bits per heavy atom. The zero-order chi connectivity index (χ0) is 14.5. The van der Waals surface area contributed by atoms with Crippen molar-refractivity contribution >= 4 is 11.8 Å². The van der Waals surface area contributed by atoms with Gasteiger partial charge in [0.25, 0.3) is 0 Å². The maximum absolute atomic E-state index is 14.1. The molecule has 0 aliphatic carbocycles. The fourth-order valence-electron chi connectivity index (χ4n) is 2.03. The number of nitrogens with one attached hydrogen (secondary N) is 1. The molecule has 3 heteroatoms. The summed E-state index contributed by atoms with van der Waals surface area (Å²) in [5.41, 5.74) is 3.44. The minimum absolute atomic E-state index is 0.137. The van der Waals surface area contributed by atoms with Gasteiger partial charge in [0.05, 0.1) is 0 Å². The molecule has 0 saturated carbocycles. The third-order valence-corrected chi connectivity index (χ3v) is 4.49. The smallest absolute Gasteiger partial charge is 0.137 e. The van der Waals surface area contributed by atoms with Crippen molar-refractivity contribution in [2.45, 2.75) is 30.5 Å². The molecular formula is C17H20FNS. The van der Waals surface area contributed by atoms with E-state index in [4.69, 9.17) is 0 Å². The number of halogens is 1. The van der Waals surface area contributed by atoms with Crippen LogP contribution < -0.4 is 5.32 Å². The molecule has 0 radical (unpaired) electrons. The summed E-state index contributed by atoms with van der Waals surface area (Å²) in [5.74, 6) is 0.654. The quantitative estimate of drug-likeness (QED) is 0.800. The van der Waals surface area contributed by atoms with Gasteiger partial charge in [-0.05, 0) is 44.2 Å². The summed E-state index contributed by atoms with van der Waals surface area (Å²) in [6, 6.07) is 14.0. The third-order valence-electron chi connectivity index (χ3n) is 3.37.